The van der Waals surface area contributed by atoms with Crippen LogP contribution in [-0.2, 0) is 0 Å². The van der Waals surface area contributed by atoms with Crippen molar-refractivity contribution in [1.82, 2.24) is 0 Å². The van der Waals surface area contributed by atoms with Gasteiger partial charge in [0.15, 0.2) is 0 Å². The van der Waals surface area contributed by atoms with Gasteiger partial charge in [-0.05, 0) is 35.6 Å². The lowest BCUT2D eigenvalue weighted by Crippen LogP contribution is -2.50. The number of hydrogen-bond donors (Lipinski definition) is 1. The molecule has 0 spiro atoms. The lowest BCUT2D eigenvalue weighted by Gasteiger charge is -2.47. The third-order valence-corrected chi connectivity index (χ3v) is 5.20. The molecule has 0 aromatic heterocycles. The van der Waals surface area contributed by atoms with Crippen LogP contribution in [0.4, 0.5) is 10.1 Å². The number of fused-ring (bicyclic) bond motifs is 2. The lowest BCUT2D eigenvalue weighted by molar-refractivity contribution is 0.346. The van der Waals surface area contributed by atoms with E-state index in [1.165, 1.54) is 11.8 Å². The molecular formula is C13H17FN2S. The molecule has 2 aliphatic rings. The van der Waals surface area contributed by atoms with Crippen LogP contribution in [0.15, 0.2) is 18.2 Å². The normalized spacial score (nSPS) is 31.9. The van der Waals surface area contributed by atoms with E-state index in [2.05, 4.69) is 11.9 Å². The highest BCUT2D eigenvalue weighted by molar-refractivity contribution is 7.99. The fourth-order valence-electron chi connectivity index (χ4n) is 3.09. The highest BCUT2D eigenvalue weighted by Crippen LogP contribution is 2.43. The molecule has 0 saturated carbocycles. The number of hydrogen-bond acceptors (Lipinski definition) is 3. The van der Waals surface area contributed by atoms with Crippen LogP contribution in [0.1, 0.15) is 18.0 Å². The van der Waals surface area contributed by atoms with Crippen molar-refractivity contribution in [2.24, 2.45) is 11.7 Å². The zero-order valence-electron chi connectivity index (χ0n) is 9.90. The summed E-state index contributed by atoms with van der Waals surface area (Å²) in [7, 11) is 2.07. The number of halogens is 1. The molecule has 1 saturated heterocycles. The van der Waals surface area contributed by atoms with Crippen LogP contribution < -0.4 is 10.6 Å². The molecule has 1 aromatic rings. The summed E-state index contributed by atoms with van der Waals surface area (Å²) >= 11 is 1.98. The Balaban J connectivity index is 2.07. The summed E-state index contributed by atoms with van der Waals surface area (Å²) < 4.78 is 13.3. The molecule has 0 aliphatic carbocycles. The van der Waals surface area contributed by atoms with Crippen molar-refractivity contribution < 1.29 is 4.39 Å². The van der Waals surface area contributed by atoms with Gasteiger partial charge in [0.25, 0.3) is 0 Å². The molecule has 0 bridgehead atoms. The second kappa shape index (κ2) is 4.18. The van der Waals surface area contributed by atoms with E-state index in [0.29, 0.717) is 12.0 Å². The molecule has 2 N–H and O–H groups in total. The molecule has 0 amide bonds. The first kappa shape index (κ1) is 11.4. The van der Waals surface area contributed by atoms with Crippen LogP contribution in [-0.4, -0.2) is 24.6 Å². The van der Waals surface area contributed by atoms with E-state index in [1.807, 2.05) is 17.8 Å². The molecule has 1 fully saturated rings. The quantitative estimate of drug-likeness (QED) is 0.769. The van der Waals surface area contributed by atoms with Crippen molar-refractivity contribution in [3.8, 4) is 0 Å². The van der Waals surface area contributed by atoms with Crippen molar-refractivity contribution in [2.45, 2.75) is 18.5 Å². The predicted molar refractivity (Wildman–Crippen MR) is 71.0 cm³/mol. The highest BCUT2D eigenvalue weighted by Gasteiger charge is 2.39. The van der Waals surface area contributed by atoms with E-state index < -0.39 is 0 Å². The van der Waals surface area contributed by atoms with Crippen LogP contribution >= 0.6 is 11.8 Å². The van der Waals surface area contributed by atoms with Crippen LogP contribution in [0.2, 0.25) is 0 Å². The molecule has 1 aromatic carbocycles. The molecule has 92 valence electrons. The zero-order chi connectivity index (χ0) is 12.0. The largest absolute Gasteiger partial charge is 0.371 e. The summed E-state index contributed by atoms with van der Waals surface area (Å²) in [5, 5.41) is 0. The number of thioether (sulfide) groups is 1. The fraction of sp³-hybridized carbons (Fsp3) is 0.538. The Kier molecular flexibility index (Phi) is 2.79. The van der Waals surface area contributed by atoms with Gasteiger partial charge in [-0.2, -0.15) is 11.8 Å². The molecule has 2 aliphatic heterocycles. The number of anilines is 1. The van der Waals surface area contributed by atoms with Gasteiger partial charge in [-0.3, -0.25) is 0 Å². The van der Waals surface area contributed by atoms with Crippen molar-refractivity contribution in [3.05, 3.63) is 29.6 Å². The Morgan fingerprint density at radius 1 is 1.47 bits per heavy atom. The van der Waals surface area contributed by atoms with Crippen molar-refractivity contribution in [1.29, 1.82) is 0 Å². The second-order valence-corrected chi connectivity index (χ2v) is 6.08. The summed E-state index contributed by atoms with van der Waals surface area (Å²) in [4.78, 5) is 2.23. The van der Waals surface area contributed by atoms with Gasteiger partial charge in [-0.1, -0.05) is 6.07 Å². The first-order valence-corrected chi connectivity index (χ1v) is 7.19. The molecular weight excluding hydrogens is 235 g/mol. The maximum atomic E-state index is 13.3. The van der Waals surface area contributed by atoms with Gasteiger partial charge in [0.2, 0.25) is 0 Å². The number of nitrogens with zero attached hydrogens (tertiary/aromatic N) is 1. The van der Waals surface area contributed by atoms with E-state index in [0.717, 1.165) is 23.4 Å². The summed E-state index contributed by atoms with van der Waals surface area (Å²) in [5.74, 6) is 2.62. The molecule has 0 radical (unpaired) electrons. The van der Waals surface area contributed by atoms with Crippen molar-refractivity contribution >= 4 is 17.4 Å². The molecule has 3 atom stereocenters. The molecule has 3 unspecified atom stereocenters. The predicted octanol–water partition coefficient (Wildman–Crippen LogP) is 2.40. The standard InChI is InChI=1S/C13H17FN2S/c1-16-11-4-5-17-7-10(11)13(15)9-3-2-8(14)6-12(9)16/h2-3,6,10-11,13H,4-5,7,15H2,1H3. The Morgan fingerprint density at radius 2 is 2.29 bits per heavy atom. The van der Waals surface area contributed by atoms with Crippen LogP contribution in [0, 0.1) is 11.7 Å². The first-order chi connectivity index (χ1) is 8.18. The lowest BCUT2D eigenvalue weighted by atomic mass is 9.81. The number of nitrogens with two attached hydrogens (primary N) is 1. The van der Waals surface area contributed by atoms with Crippen LogP contribution in [0.3, 0.4) is 0 Å². The van der Waals surface area contributed by atoms with Gasteiger partial charge in [-0.25, -0.2) is 4.39 Å². The van der Waals surface area contributed by atoms with E-state index in [-0.39, 0.29) is 11.9 Å². The van der Waals surface area contributed by atoms with Gasteiger partial charge in [0, 0.05) is 30.7 Å². The summed E-state index contributed by atoms with van der Waals surface area (Å²) in [6, 6.07) is 5.51. The fourth-order valence-corrected chi connectivity index (χ4v) is 4.36. The third kappa shape index (κ3) is 1.74. The van der Waals surface area contributed by atoms with Crippen LogP contribution in [0.25, 0.3) is 0 Å². The van der Waals surface area contributed by atoms with Gasteiger partial charge in [0.1, 0.15) is 5.82 Å². The molecule has 3 rings (SSSR count). The summed E-state index contributed by atoms with van der Waals surface area (Å²) in [6.45, 7) is 0. The molecule has 4 heteroatoms. The minimum absolute atomic E-state index is 0.0552. The summed E-state index contributed by atoms with van der Waals surface area (Å²) in [5.41, 5.74) is 8.42. The van der Waals surface area contributed by atoms with E-state index in [1.54, 1.807) is 6.07 Å². The topological polar surface area (TPSA) is 29.3 Å². The van der Waals surface area contributed by atoms with Crippen molar-refractivity contribution in [3.63, 3.8) is 0 Å². The third-order valence-electron chi connectivity index (χ3n) is 4.05. The van der Waals surface area contributed by atoms with Gasteiger partial charge >= 0.3 is 0 Å². The van der Waals surface area contributed by atoms with Gasteiger partial charge in [0.05, 0.1) is 0 Å². The maximum Gasteiger partial charge on any atom is 0.125 e. The minimum atomic E-state index is -0.175. The highest BCUT2D eigenvalue weighted by atomic mass is 32.2. The SMILES string of the molecule is CN1c2cc(F)ccc2C(N)C2CSCCC21. The number of benzene rings is 1. The van der Waals surface area contributed by atoms with Crippen LogP contribution in [0.5, 0.6) is 0 Å². The maximum absolute atomic E-state index is 13.3. The average Bonchev–Trinajstić information content (AvgIpc) is 2.36. The minimum Gasteiger partial charge on any atom is -0.371 e. The monoisotopic (exact) mass is 252 g/mol. The molecule has 2 heterocycles. The number of rotatable bonds is 0. The summed E-state index contributed by atoms with van der Waals surface area (Å²) in [6.07, 6.45) is 1.15. The Bertz CT molecular complexity index is 437. The molecule has 2 nitrogen and oxygen atoms in total. The first-order valence-electron chi connectivity index (χ1n) is 6.04. The Hall–Kier alpha value is -0.740. The van der Waals surface area contributed by atoms with Gasteiger partial charge < -0.3 is 10.6 Å². The van der Waals surface area contributed by atoms with E-state index >= 15 is 0 Å². The smallest absolute Gasteiger partial charge is 0.125 e. The van der Waals surface area contributed by atoms with Gasteiger partial charge in [-0.15, -0.1) is 0 Å². The van der Waals surface area contributed by atoms with Crippen molar-refractivity contribution in [2.75, 3.05) is 23.5 Å². The Morgan fingerprint density at radius 3 is 3.12 bits per heavy atom. The molecule has 17 heavy (non-hydrogen) atoms. The second-order valence-electron chi connectivity index (χ2n) is 4.93. The van der Waals surface area contributed by atoms with E-state index in [4.69, 9.17) is 5.73 Å². The zero-order valence-corrected chi connectivity index (χ0v) is 10.7. The Labute approximate surface area is 105 Å². The van der Waals surface area contributed by atoms with E-state index in [9.17, 15) is 4.39 Å². The average molecular weight is 252 g/mol.